The summed E-state index contributed by atoms with van der Waals surface area (Å²) in [6.07, 6.45) is 0.362. The molecule has 1 fully saturated rings. The number of carbonyl (C=O) groups excluding carboxylic acids is 1. The zero-order valence-corrected chi connectivity index (χ0v) is 19.0. The molecule has 0 bridgehead atoms. The molecule has 4 rings (SSSR count). The van der Waals surface area contributed by atoms with E-state index in [-0.39, 0.29) is 41.2 Å². The lowest BCUT2D eigenvalue weighted by Crippen LogP contribution is -2.37. The van der Waals surface area contributed by atoms with E-state index in [1.165, 1.54) is 4.90 Å². The molecule has 178 valence electrons. The number of halogens is 2. The summed E-state index contributed by atoms with van der Waals surface area (Å²) in [7, 11) is 1.58. The molecule has 1 saturated heterocycles. The molecule has 2 aromatic carbocycles. The highest BCUT2D eigenvalue weighted by atomic mass is 19.1. The van der Waals surface area contributed by atoms with E-state index in [2.05, 4.69) is 21.8 Å². The van der Waals surface area contributed by atoms with E-state index in [1.54, 1.807) is 38.2 Å². The van der Waals surface area contributed by atoms with Crippen LogP contribution in [0, 0.1) is 23.5 Å². The topological polar surface area (TPSA) is 104 Å². The van der Waals surface area contributed by atoms with Gasteiger partial charge in [0.2, 0.25) is 5.60 Å². The first-order valence-corrected chi connectivity index (χ1v) is 10.8. The molecular formula is C26H21F2N3O4. The van der Waals surface area contributed by atoms with Gasteiger partial charge in [-0.05, 0) is 36.8 Å². The van der Waals surface area contributed by atoms with Gasteiger partial charge in [-0.1, -0.05) is 30.9 Å². The van der Waals surface area contributed by atoms with Crippen molar-refractivity contribution in [3.8, 4) is 34.5 Å². The summed E-state index contributed by atoms with van der Waals surface area (Å²) in [5.41, 5.74) is -1.30. The van der Waals surface area contributed by atoms with Crippen LogP contribution in [0.5, 0.6) is 0 Å². The zero-order chi connectivity index (χ0) is 25.3. The van der Waals surface area contributed by atoms with Gasteiger partial charge in [0.15, 0.2) is 11.5 Å². The van der Waals surface area contributed by atoms with Crippen LogP contribution in [-0.2, 0) is 11.2 Å². The lowest BCUT2D eigenvalue weighted by atomic mass is 10.00. The summed E-state index contributed by atoms with van der Waals surface area (Å²) < 4.78 is 28.5. The molecule has 2 heterocycles. The molecule has 2 N–H and O–H groups in total. The lowest BCUT2D eigenvalue weighted by Gasteiger charge is -2.14. The molecule has 0 aliphatic carbocycles. The molecule has 1 aliphatic heterocycles. The Hall–Kier alpha value is -4.16. The minimum Gasteiger partial charge on any atom is -0.476 e. The van der Waals surface area contributed by atoms with Gasteiger partial charge < -0.3 is 15.1 Å². The quantitative estimate of drug-likeness (QED) is 0.559. The van der Waals surface area contributed by atoms with Crippen LogP contribution in [0.3, 0.4) is 0 Å². The Labute approximate surface area is 200 Å². The number of hydrogen-bond acceptors (Lipinski definition) is 5. The van der Waals surface area contributed by atoms with Gasteiger partial charge in [0.1, 0.15) is 11.6 Å². The second-order valence-electron chi connectivity index (χ2n) is 8.17. The van der Waals surface area contributed by atoms with Crippen molar-refractivity contribution in [2.24, 2.45) is 0 Å². The number of carbonyl (C=O) groups is 2. The average molecular weight is 477 g/mol. The van der Waals surface area contributed by atoms with Gasteiger partial charge in [0, 0.05) is 42.3 Å². The molecule has 0 saturated carbocycles. The summed E-state index contributed by atoms with van der Waals surface area (Å²) >= 11 is 0. The van der Waals surface area contributed by atoms with Crippen LogP contribution in [0.4, 0.5) is 8.78 Å². The van der Waals surface area contributed by atoms with Crippen LogP contribution in [0.1, 0.15) is 35.0 Å². The van der Waals surface area contributed by atoms with E-state index in [1.807, 2.05) is 0 Å². The summed E-state index contributed by atoms with van der Waals surface area (Å²) in [6, 6.07) is 9.35. The smallest absolute Gasteiger partial charge is 0.354 e. The monoisotopic (exact) mass is 477 g/mol. The first kappa shape index (κ1) is 24.0. The summed E-state index contributed by atoms with van der Waals surface area (Å²) in [6.45, 7) is 2.06. The predicted octanol–water partition coefficient (Wildman–Crippen LogP) is 3.29. The maximum atomic E-state index is 14.6. The SMILES string of the molecule is CCc1c(C(=O)O)nc(-c2cccc(C#CC3(O)CCN(C)C3=O)c2)nc1-c1cc(F)ccc1F. The molecule has 7 nitrogen and oxygen atoms in total. The minimum atomic E-state index is -1.78. The van der Waals surface area contributed by atoms with Crippen molar-refractivity contribution in [2.75, 3.05) is 13.6 Å². The van der Waals surface area contributed by atoms with Gasteiger partial charge in [0.25, 0.3) is 5.91 Å². The van der Waals surface area contributed by atoms with E-state index in [0.29, 0.717) is 17.7 Å². The highest BCUT2D eigenvalue weighted by molar-refractivity contribution is 5.91. The number of likely N-dealkylation sites (N-methyl/N-ethyl adjacent to an activating group) is 1. The number of amides is 1. The Morgan fingerprint density at radius 1 is 1.20 bits per heavy atom. The molecular weight excluding hydrogens is 456 g/mol. The second-order valence-corrected chi connectivity index (χ2v) is 8.17. The van der Waals surface area contributed by atoms with Crippen molar-refractivity contribution in [3.63, 3.8) is 0 Å². The maximum Gasteiger partial charge on any atom is 0.354 e. The van der Waals surface area contributed by atoms with E-state index in [4.69, 9.17) is 0 Å². The largest absolute Gasteiger partial charge is 0.476 e. The number of likely N-dealkylation sites (tertiary alicyclic amines) is 1. The van der Waals surface area contributed by atoms with Gasteiger partial charge >= 0.3 is 5.97 Å². The Morgan fingerprint density at radius 3 is 2.63 bits per heavy atom. The van der Waals surface area contributed by atoms with Crippen LogP contribution in [0.25, 0.3) is 22.6 Å². The van der Waals surface area contributed by atoms with Crippen LogP contribution >= 0.6 is 0 Å². The molecule has 1 unspecified atom stereocenters. The third-order valence-electron chi connectivity index (χ3n) is 5.79. The fraction of sp³-hybridized carbons (Fsp3) is 0.231. The molecule has 1 aromatic heterocycles. The summed E-state index contributed by atoms with van der Waals surface area (Å²) in [5.74, 6) is 2.14. The Balaban J connectivity index is 1.84. The van der Waals surface area contributed by atoms with E-state index in [0.717, 1.165) is 18.2 Å². The van der Waals surface area contributed by atoms with Crippen LogP contribution < -0.4 is 0 Å². The van der Waals surface area contributed by atoms with Crippen LogP contribution in [0.15, 0.2) is 42.5 Å². The normalized spacial score (nSPS) is 17.3. The Bertz CT molecular complexity index is 1410. The second kappa shape index (κ2) is 9.24. The number of benzene rings is 2. The number of rotatable bonds is 4. The Morgan fingerprint density at radius 2 is 1.97 bits per heavy atom. The summed E-state index contributed by atoms with van der Waals surface area (Å²) in [5, 5.41) is 20.3. The zero-order valence-electron chi connectivity index (χ0n) is 19.0. The molecule has 9 heteroatoms. The van der Waals surface area contributed by atoms with Crippen LogP contribution in [0.2, 0.25) is 0 Å². The van der Waals surface area contributed by atoms with Crippen molar-refractivity contribution in [1.29, 1.82) is 0 Å². The van der Waals surface area contributed by atoms with Gasteiger partial charge in [-0.2, -0.15) is 0 Å². The van der Waals surface area contributed by atoms with E-state index in [9.17, 15) is 28.6 Å². The number of aliphatic hydroxyl groups is 1. The van der Waals surface area contributed by atoms with Gasteiger partial charge in [-0.15, -0.1) is 0 Å². The Kier molecular flexibility index (Phi) is 6.33. The summed E-state index contributed by atoms with van der Waals surface area (Å²) in [4.78, 5) is 34.1. The average Bonchev–Trinajstić information content (AvgIpc) is 3.11. The minimum absolute atomic E-state index is 0.0164. The highest BCUT2D eigenvalue weighted by Gasteiger charge is 2.42. The van der Waals surface area contributed by atoms with Crippen molar-refractivity contribution in [2.45, 2.75) is 25.4 Å². The molecule has 1 amide bonds. The van der Waals surface area contributed by atoms with Crippen LogP contribution in [-0.4, -0.2) is 56.2 Å². The number of carboxylic acids is 1. The van der Waals surface area contributed by atoms with Gasteiger partial charge in [0.05, 0.1) is 5.69 Å². The third kappa shape index (κ3) is 4.61. The predicted molar refractivity (Wildman–Crippen MR) is 123 cm³/mol. The standard InChI is InChI=1S/C26H21F2N3O4/c1-3-18-21(19-14-17(27)7-8-20(19)28)29-23(30-22(18)24(32)33)16-6-4-5-15(13-16)9-10-26(35)11-12-31(2)25(26)34/h4-8,13-14,35H,3,11-12H2,1-2H3,(H,32,33). The van der Waals surface area contributed by atoms with Crippen molar-refractivity contribution in [1.82, 2.24) is 14.9 Å². The molecule has 1 aliphatic rings. The van der Waals surface area contributed by atoms with Crippen molar-refractivity contribution in [3.05, 3.63) is 70.9 Å². The van der Waals surface area contributed by atoms with Gasteiger partial charge in [-0.25, -0.2) is 23.5 Å². The molecule has 3 aromatic rings. The molecule has 1 atom stereocenters. The molecule has 35 heavy (non-hydrogen) atoms. The molecule has 0 spiro atoms. The third-order valence-corrected chi connectivity index (χ3v) is 5.79. The van der Waals surface area contributed by atoms with E-state index < -0.39 is 29.1 Å². The highest BCUT2D eigenvalue weighted by Crippen LogP contribution is 2.30. The van der Waals surface area contributed by atoms with Crippen molar-refractivity contribution >= 4 is 11.9 Å². The maximum absolute atomic E-state index is 14.6. The first-order chi connectivity index (χ1) is 16.6. The number of nitrogens with zero attached hydrogens (tertiary/aromatic N) is 3. The van der Waals surface area contributed by atoms with E-state index >= 15 is 0 Å². The number of aromatic carboxylic acids is 1. The number of aromatic nitrogens is 2. The number of hydrogen-bond donors (Lipinski definition) is 2. The number of carboxylic acid groups (broad SMARTS) is 1. The fourth-order valence-electron chi connectivity index (χ4n) is 3.91. The molecule has 0 radical (unpaired) electrons. The van der Waals surface area contributed by atoms with Crippen molar-refractivity contribution < 1.29 is 28.6 Å². The fourth-order valence-corrected chi connectivity index (χ4v) is 3.91. The van der Waals surface area contributed by atoms with Gasteiger partial charge in [-0.3, -0.25) is 4.79 Å². The first-order valence-electron chi connectivity index (χ1n) is 10.8. The lowest BCUT2D eigenvalue weighted by molar-refractivity contribution is -0.137.